The summed E-state index contributed by atoms with van der Waals surface area (Å²) in [6, 6.07) is 0. The first-order valence-electron chi connectivity index (χ1n) is 10.5. The maximum Gasteiger partial charge on any atom is 0.216 e. The summed E-state index contributed by atoms with van der Waals surface area (Å²) in [5, 5.41) is 18.8. The topological polar surface area (TPSA) is 68.2 Å². The Balaban J connectivity index is 4.86. The number of unbranched alkanes of at least 4 members (excludes halogenated alkanes) is 3. The van der Waals surface area contributed by atoms with Gasteiger partial charge in [-0.25, -0.2) is 0 Å². The summed E-state index contributed by atoms with van der Waals surface area (Å²) < 4.78 is 17.9. The molecular weight excluding hydrogens is 334 g/mol. The van der Waals surface area contributed by atoms with Crippen molar-refractivity contribution in [3.05, 3.63) is 0 Å². The van der Waals surface area contributed by atoms with Crippen LogP contribution in [0.1, 0.15) is 59.3 Å². The first-order chi connectivity index (χ1) is 12.7. The molecule has 158 valence electrons. The Kier molecular flexibility index (Phi) is 18.0. The number of aliphatic hydroxyl groups is 2. The molecule has 6 heteroatoms. The van der Waals surface area contributed by atoms with Gasteiger partial charge in [-0.1, -0.05) is 40.0 Å². The highest BCUT2D eigenvalue weighted by Crippen LogP contribution is 2.19. The van der Waals surface area contributed by atoms with E-state index < -0.39 is 0 Å². The molecule has 0 radical (unpaired) electrons. The van der Waals surface area contributed by atoms with Crippen LogP contribution in [0.5, 0.6) is 0 Å². The number of quaternary nitrogens is 1. The minimum Gasteiger partial charge on any atom is -0.394 e. The minimum absolute atomic E-state index is 0.00237. The molecule has 2 N–H and O–H groups in total. The van der Waals surface area contributed by atoms with E-state index in [2.05, 4.69) is 20.8 Å². The molecular formula is C20H44NO5+. The molecule has 0 heterocycles. The van der Waals surface area contributed by atoms with Gasteiger partial charge in [0.05, 0.1) is 46.1 Å². The van der Waals surface area contributed by atoms with Gasteiger partial charge in [-0.2, -0.15) is 0 Å². The summed E-state index contributed by atoms with van der Waals surface area (Å²) in [6.45, 7) is 12.1. The Morgan fingerprint density at radius 1 is 0.692 bits per heavy atom. The maximum absolute atomic E-state index is 10.0. The van der Waals surface area contributed by atoms with Crippen molar-refractivity contribution in [1.82, 2.24) is 0 Å². The van der Waals surface area contributed by atoms with Gasteiger partial charge >= 0.3 is 0 Å². The number of hydrogen-bond donors (Lipinski definition) is 2. The highest BCUT2D eigenvalue weighted by Gasteiger charge is 2.36. The van der Waals surface area contributed by atoms with Gasteiger partial charge in [0, 0.05) is 6.61 Å². The molecule has 0 fully saturated rings. The monoisotopic (exact) mass is 378 g/mol. The number of nitrogens with zero attached hydrogens (tertiary/aromatic N) is 1. The lowest BCUT2D eigenvalue weighted by molar-refractivity contribution is -0.973. The van der Waals surface area contributed by atoms with E-state index >= 15 is 0 Å². The number of rotatable bonds is 20. The van der Waals surface area contributed by atoms with Gasteiger partial charge in [0.25, 0.3) is 0 Å². The van der Waals surface area contributed by atoms with Crippen molar-refractivity contribution in [2.75, 3.05) is 65.9 Å². The molecule has 0 aliphatic carbocycles. The lowest BCUT2D eigenvalue weighted by Crippen LogP contribution is -2.60. The van der Waals surface area contributed by atoms with E-state index in [-0.39, 0.29) is 19.4 Å². The largest absolute Gasteiger partial charge is 0.394 e. The van der Waals surface area contributed by atoms with Crippen LogP contribution in [-0.2, 0) is 14.2 Å². The second-order valence-corrected chi connectivity index (χ2v) is 6.91. The second kappa shape index (κ2) is 18.1. The van der Waals surface area contributed by atoms with Gasteiger partial charge in [0.15, 0.2) is 0 Å². The van der Waals surface area contributed by atoms with Crippen LogP contribution in [0, 0.1) is 0 Å². The Labute approximate surface area is 161 Å². The van der Waals surface area contributed by atoms with Gasteiger partial charge in [-0.15, -0.1) is 0 Å². The van der Waals surface area contributed by atoms with Crippen molar-refractivity contribution in [2.45, 2.75) is 65.5 Å². The summed E-state index contributed by atoms with van der Waals surface area (Å²) in [6.07, 6.45) is 6.45. The normalized spacial score (nSPS) is 13.3. The third-order valence-electron chi connectivity index (χ3n) is 4.78. The zero-order valence-corrected chi connectivity index (χ0v) is 17.5. The fraction of sp³-hybridized carbons (Fsp3) is 1.00. The summed E-state index contributed by atoms with van der Waals surface area (Å²) in [4.78, 5) is 0. The summed E-state index contributed by atoms with van der Waals surface area (Å²) in [5.41, 5.74) is 0. The van der Waals surface area contributed by atoms with E-state index in [1.165, 1.54) is 0 Å². The minimum atomic E-state index is -0.249. The molecule has 1 unspecified atom stereocenters. The molecule has 0 amide bonds. The predicted molar refractivity (Wildman–Crippen MR) is 105 cm³/mol. The van der Waals surface area contributed by atoms with Crippen LogP contribution in [0.4, 0.5) is 0 Å². The second-order valence-electron chi connectivity index (χ2n) is 6.91. The van der Waals surface area contributed by atoms with Crippen LogP contribution in [0.25, 0.3) is 0 Å². The van der Waals surface area contributed by atoms with E-state index in [4.69, 9.17) is 19.3 Å². The molecule has 0 bridgehead atoms. The Bertz CT molecular complexity index is 283. The number of hydrogen-bond acceptors (Lipinski definition) is 5. The van der Waals surface area contributed by atoms with Crippen molar-refractivity contribution in [3.63, 3.8) is 0 Å². The van der Waals surface area contributed by atoms with Gasteiger partial charge in [0.1, 0.15) is 13.2 Å². The predicted octanol–water partition coefficient (Wildman–Crippen LogP) is 2.56. The molecule has 0 aliphatic heterocycles. The zero-order chi connectivity index (χ0) is 19.5. The molecule has 0 rings (SSSR count). The molecule has 26 heavy (non-hydrogen) atoms. The zero-order valence-electron chi connectivity index (χ0n) is 17.5. The molecule has 0 aliphatic rings. The van der Waals surface area contributed by atoms with Crippen LogP contribution < -0.4 is 0 Å². The fourth-order valence-electron chi connectivity index (χ4n) is 3.10. The average Bonchev–Trinajstić information content (AvgIpc) is 2.66. The average molecular weight is 379 g/mol. The van der Waals surface area contributed by atoms with E-state index in [1.54, 1.807) is 0 Å². The summed E-state index contributed by atoms with van der Waals surface area (Å²) >= 11 is 0. The smallest absolute Gasteiger partial charge is 0.216 e. The molecule has 0 saturated carbocycles. The Morgan fingerprint density at radius 2 is 1.31 bits per heavy atom. The molecule has 0 aromatic rings. The first-order valence-corrected chi connectivity index (χ1v) is 10.5. The summed E-state index contributed by atoms with van der Waals surface area (Å²) in [5.74, 6) is 0. The van der Waals surface area contributed by atoms with Crippen molar-refractivity contribution in [1.29, 1.82) is 0 Å². The van der Waals surface area contributed by atoms with E-state index in [0.29, 0.717) is 26.4 Å². The highest BCUT2D eigenvalue weighted by atomic mass is 16.5. The van der Waals surface area contributed by atoms with E-state index in [1.807, 2.05) is 0 Å². The van der Waals surface area contributed by atoms with Gasteiger partial charge in [0.2, 0.25) is 6.23 Å². The molecule has 0 saturated heterocycles. The molecule has 1 atom stereocenters. The quantitative estimate of drug-likeness (QED) is 0.194. The van der Waals surface area contributed by atoms with Crippen LogP contribution in [0.2, 0.25) is 0 Å². The highest BCUT2D eigenvalue weighted by molar-refractivity contribution is 4.54. The molecule has 0 aromatic carbocycles. The van der Waals surface area contributed by atoms with Crippen molar-refractivity contribution < 1.29 is 28.9 Å². The van der Waals surface area contributed by atoms with Crippen molar-refractivity contribution in [3.8, 4) is 0 Å². The van der Waals surface area contributed by atoms with Crippen LogP contribution in [0.15, 0.2) is 0 Å². The summed E-state index contributed by atoms with van der Waals surface area (Å²) in [7, 11) is 0. The van der Waals surface area contributed by atoms with Crippen LogP contribution in [-0.4, -0.2) is 86.8 Å². The van der Waals surface area contributed by atoms with Gasteiger partial charge in [-0.05, 0) is 19.3 Å². The third-order valence-corrected chi connectivity index (χ3v) is 4.78. The van der Waals surface area contributed by atoms with Gasteiger partial charge < -0.3 is 24.4 Å². The number of ether oxygens (including phenoxy) is 3. The number of aliphatic hydroxyl groups excluding tert-OH is 2. The SMILES string of the molecule is CCCCOCC[N+](CCCC)(CCCC)C(CO)OCCOCCO. The first kappa shape index (κ1) is 25.8. The molecule has 0 aromatic heterocycles. The van der Waals surface area contributed by atoms with Gasteiger partial charge in [-0.3, -0.25) is 4.48 Å². The van der Waals surface area contributed by atoms with Crippen molar-refractivity contribution in [2.24, 2.45) is 0 Å². The van der Waals surface area contributed by atoms with E-state index in [0.717, 1.165) is 69.2 Å². The lowest BCUT2D eigenvalue weighted by atomic mass is 10.2. The van der Waals surface area contributed by atoms with Crippen LogP contribution in [0.3, 0.4) is 0 Å². The standard InChI is InChI=1S/C20H44NO5/c1-4-7-10-21(11-8-5-2,12-15-24-14-9-6-3)20(19-23)26-18-17-25-16-13-22/h20,22-23H,4-19H2,1-3H3/q+1. The van der Waals surface area contributed by atoms with Crippen LogP contribution >= 0.6 is 0 Å². The lowest BCUT2D eigenvalue weighted by Gasteiger charge is -2.44. The maximum atomic E-state index is 10.0. The molecule has 6 nitrogen and oxygen atoms in total. The van der Waals surface area contributed by atoms with Crippen molar-refractivity contribution >= 4 is 0 Å². The Morgan fingerprint density at radius 3 is 1.85 bits per heavy atom. The molecule has 0 spiro atoms. The van der Waals surface area contributed by atoms with E-state index in [9.17, 15) is 5.11 Å². The Hall–Kier alpha value is -0.240. The fourth-order valence-corrected chi connectivity index (χ4v) is 3.10. The third kappa shape index (κ3) is 11.5.